The van der Waals surface area contributed by atoms with Crippen molar-refractivity contribution in [2.75, 3.05) is 36.5 Å². The molecule has 1 N–H and O–H groups in total. The van der Waals surface area contributed by atoms with Crippen LogP contribution < -0.4 is 10.2 Å². The fourth-order valence-corrected chi connectivity index (χ4v) is 4.05. The molecule has 1 atom stereocenters. The number of anilines is 2. The average molecular weight is 398 g/mol. The molecule has 2 aromatic heterocycles. The van der Waals surface area contributed by atoms with Crippen LogP contribution in [0, 0.1) is 6.92 Å². The van der Waals surface area contributed by atoms with Gasteiger partial charge in [-0.25, -0.2) is 4.98 Å². The molecule has 0 aliphatic carbocycles. The summed E-state index contributed by atoms with van der Waals surface area (Å²) in [7, 11) is 0. The Labute approximate surface area is 168 Å². The first kappa shape index (κ1) is 18.6. The smallest absolute Gasteiger partial charge is 0.248 e. The van der Waals surface area contributed by atoms with E-state index >= 15 is 0 Å². The van der Waals surface area contributed by atoms with Gasteiger partial charge in [-0.3, -0.25) is 9.48 Å². The Morgan fingerprint density at radius 2 is 1.96 bits per heavy atom. The van der Waals surface area contributed by atoms with Gasteiger partial charge >= 0.3 is 0 Å². The molecule has 0 unspecified atom stereocenters. The summed E-state index contributed by atoms with van der Waals surface area (Å²) in [5.41, 5.74) is 3.70. The lowest BCUT2D eigenvalue weighted by molar-refractivity contribution is -0.119. The third-order valence-electron chi connectivity index (χ3n) is 4.84. The van der Waals surface area contributed by atoms with Crippen molar-refractivity contribution in [3.05, 3.63) is 47.6 Å². The van der Waals surface area contributed by atoms with Gasteiger partial charge in [-0.05, 0) is 32.0 Å². The number of carbonyl (C=O) groups excluding carboxylic acids is 1. The molecule has 1 aliphatic rings. The fourth-order valence-electron chi connectivity index (χ4n) is 3.16. The second-order valence-electron chi connectivity index (χ2n) is 6.77. The normalized spacial score (nSPS) is 15.4. The number of thiazole rings is 1. The second-order valence-corrected chi connectivity index (χ2v) is 7.61. The van der Waals surface area contributed by atoms with Gasteiger partial charge in [0.2, 0.25) is 5.91 Å². The molecule has 4 rings (SSSR count). The largest absolute Gasteiger partial charge is 0.378 e. The Morgan fingerprint density at radius 1 is 1.21 bits per heavy atom. The lowest BCUT2D eigenvalue weighted by atomic mass is 10.1. The summed E-state index contributed by atoms with van der Waals surface area (Å²) in [6, 6.07) is 9.30. The Hall–Kier alpha value is -2.71. The maximum atomic E-state index is 12.5. The molecule has 0 spiro atoms. The van der Waals surface area contributed by atoms with Crippen LogP contribution in [-0.4, -0.2) is 47.0 Å². The number of hydrogen-bond acceptors (Lipinski definition) is 6. The van der Waals surface area contributed by atoms with Gasteiger partial charge in [-0.15, -0.1) is 11.3 Å². The number of benzene rings is 1. The number of ether oxygens (including phenoxy) is 1. The molecule has 3 aromatic rings. The zero-order chi connectivity index (χ0) is 19.5. The van der Waals surface area contributed by atoms with Crippen LogP contribution in [0.15, 0.2) is 41.9 Å². The second kappa shape index (κ2) is 8.12. The van der Waals surface area contributed by atoms with Gasteiger partial charge in [0.25, 0.3) is 0 Å². The quantitative estimate of drug-likeness (QED) is 0.715. The molecule has 146 valence electrons. The lowest BCUT2D eigenvalue weighted by Crippen LogP contribution is -2.36. The van der Waals surface area contributed by atoms with Crippen LogP contribution in [0.25, 0.3) is 11.3 Å². The average Bonchev–Trinajstić information content (AvgIpc) is 3.38. The first-order valence-electron chi connectivity index (χ1n) is 9.31. The molecule has 1 amide bonds. The van der Waals surface area contributed by atoms with E-state index in [2.05, 4.69) is 20.7 Å². The van der Waals surface area contributed by atoms with Gasteiger partial charge in [-0.2, -0.15) is 5.10 Å². The molecular formula is C20H23N5O2S. The highest BCUT2D eigenvalue weighted by Crippen LogP contribution is 2.28. The Morgan fingerprint density at radius 3 is 2.64 bits per heavy atom. The SMILES string of the molecule is Cc1ccnn1[C@H](C)C(=O)Nc1ccc(-c2csc(N3CCOCC3)n2)cc1. The van der Waals surface area contributed by atoms with E-state index in [1.165, 1.54) is 0 Å². The molecule has 1 aliphatic heterocycles. The van der Waals surface area contributed by atoms with E-state index in [0.717, 1.165) is 54.1 Å². The maximum absolute atomic E-state index is 12.5. The summed E-state index contributed by atoms with van der Waals surface area (Å²) in [5.74, 6) is -0.0946. The number of rotatable bonds is 5. The predicted molar refractivity (Wildman–Crippen MR) is 111 cm³/mol. The topological polar surface area (TPSA) is 72.3 Å². The summed E-state index contributed by atoms with van der Waals surface area (Å²) < 4.78 is 7.11. The monoisotopic (exact) mass is 397 g/mol. The van der Waals surface area contributed by atoms with E-state index in [1.807, 2.05) is 44.2 Å². The summed E-state index contributed by atoms with van der Waals surface area (Å²) >= 11 is 1.65. The molecular weight excluding hydrogens is 374 g/mol. The van der Waals surface area contributed by atoms with Crippen molar-refractivity contribution in [2.45, 2.75) is 19.9 Å². The minimum absolute atomic E-state index is 0.0946. The van der Waals surface area contributed by atoms with Crippen molar-refractivity contribution >= 4 is 28.1 Å². The molecule has 3 heterocycles. The van der Waals surface area contributed by atoms with Crippen molar-refractivity contribution in [3.8, 4) is 11.3 Å². The fraction of sp³-hybridized carbons (Fsp3) is 0.350. The van der Waals surface area contributed by atoms with E-state index in [0.29, 0.717) is 0 Å². The highest BCUT2D eigenvalue weighted by molar-refractivity contribution is 7.14. The molecule has 0 bridgehead atoms. The molecule has 28 heavy (non-hydrogen) atoms. The van der Waals surface area contributed by atoms with Crippen LogP contribution in [0.2, 0.25) is 0 Å². The van der Waals surface area contributed by atoms with E-state index in [4.69, 9.17) is 9.72 Å². The zero-order valence-electron chi connectivity index (χ0n) is 16.0. The van der Waals surface area contributed by atoms with Crippen molar-refractivity contribution in [2.24, 2.45) is 0 Å². The number of morpholine rings is 1. The van der Waals surface area contributed by atoms with Crippen molar-refractivity contribution in [1.82, 2.24) is 14.8 Å². The van der Waals surface area contributed by atoms with Gasteiger partial charge in [0.15, 0.2) is 5.13 Å². The maximum Gasteiger partial charge on any atom is 0.248 e. The number of aryl methyl sites for hydroxylation is 1. The lowest BCUT2D eigenvalue weighted by Gasteiger charge is -2.26. The van der Waals surface area contributed by atoms with Crippen LogP contribution >= 0.6 is 11.3 Å². The highest BCUT2D eigenvalue weighted by atomic mass is 32.1. The minimum atomic E-state index is -0.371. The molecule has 1 saturated heterocycles. The summed E-state index contributed by atoms with van der Waals surface area (Å²) in [4.78, 5) is 19.5. The molecule has 0 radical (unpaired) electrons. The van der Waals surface area contributed by atoms with Crippen molar-refractivity contribution in [1.29, 1.82) is 0 Å². The molecule has 1 fully saturated rings. The van der Waals surface area contributed by atoms with Crippen LogP contribution in [0.5, 0.6) is 0 Å². The first-order valence-corrected chi connectivity index (χ1v) is 10.2. The number of hydrogen-bond donors (Lipinski definition) is 1. The summed E-state index contributed by atoms with van der Waals surface area (Å²) in [6.45, 7) is 7.04. The Balaban J connectivity index is 1.42. The Bertz CT molecular complexity index is 944. The molecule has 8 heteroatoms. The van der Waals surface area contributed by atoms with Crippen molar-refractivity contribution < 1.29 is 9.53 Å². The van der Waals surface area contributed by atoms with Crippen LogP contribution in [0.3, 0.4) is 0 Å². The number of aromatic nitrogens is 3. The Kier molecular flexibility index (Phi) is 5.40. The molecule has 0 saturated carbocycles. The van der Waals surface area contributed by atoms with E-state index < -0.39 is 0 Å². The summed E-state index contributed by atoms with van der Waals surface area (Å²) in [6.07, 6.45) is 1.70. The third-order valence-corrected chi connectivity index (χ3v) is 5.74. The van der Waals surface area contributed by atoms with E-state index in [9.17, 15) is 4.79 Å². The van der Waals surface area contributed by atoms with E-state index in [-0.39, 0.29) is 11.9 Å². The minimum Gasteiger partial charge on any atom is -0.378 e. The standard InChI is InChI=1S/C20H23N5O2S/c1-14-7-8-21-25(14)15(2)19(26)22-17-5-3-16(4-6-17)18-13-28-20(23-18)24-9-11-27-12-10-24/h3-8,13,15H,9-12H2,1-2H3,(H,22,26)/t15-/m1/s1. The van der Waals surface area contributed by atoms with Crippen LogP contribution in [0.1, 0.15) is 18.7 Å². The zero-order valence-corrected chi connectivity index (χ0v) is 16.8. The van der Waals surface area contributed by atoms with Crippen LogP contribution in [0.4, 0.5) is 10.8 Å². The van der Waals surface area contributed by atoms with Crippen LogP contribution in [-0.2, 0) is 9.53 Å². The van der Waals surface area contributed by atoms with Gasteiger partial charge < -0.3 is 15.0 Å². The van der Waals surface area contributed by atoms with Crippen molar-refractivity contribution in [3.63, 3.8) is 0 Å². The van der Waals surface area contributed by atoms with Gasteiger partial charge in [0, 0.05) is 41.6 Å². The molecule has 7 nitrogen and oxygen atoms in total. The summed E-state index contributed by atoms with van der Waals surface area (Å²) in [5, 5.41) is 10.3. The predicted octanol–water partition coefficient (Wildman–Crippen LogP) is 3.35. The van der Waals surface area contributed by atoms with E-state index in [1.54, 1.807) is 22.2 Å². The number of nitrogens with zero attached hydrogens (tertiary/aromatic N) is 4. The molecule has 1 aromatic carbocycles. The first-order chi connectivity index (χ1) is 13.6. The van der Waals surface area contributed by atoms with Gasteiger partial charge in [-0.1, -0.05) is 12.1 Å². The number of carbonyl (C=O) groups is 1. The third kappa shape index (κ3) is 3.93. The number of amides is 1. The number of nitrogens with one attached hydrogen (secondary N) is 1. The van der Waals surface area contributed by atoms with Gasteiger partial charge in [0.05, 0.1) is 18.9 Å². The highest BCUT2D eigenvalue weighted by Gasteiger charge is 2.18. The van der Waals surface area contributed by atoms with Gasteiger partial charge in [0.1, 0.15) is 6.04 Å².